The van der Waals surface area contributed by atoms with Crippen molar-refractivity contribution in [3.63, 3.8) is 0 Å². The molecule has 0 aliphatic carbocycles. The van der Waals surface area contributed by atoms with Gasteiger partial charge in [0.2, 0.25) is 20.9 Å². The molecule has 5 aromatic rings. The van der Waals surface area contributed by atoms with E-state index in [1.807, 2.05) is 0 Å². The van der Waals surface area contributed by atoms with E-state index in [0.717, 1.165) is 6.26 Å². The summed E-state index contributed by atoms with van der Waals surface area (Å²) in [6.07, 6.45) is -2.18. The Hall–Kier alpha value is -6.77. The van der Waals surface area contributed by atoms with Crippen LogP contribution in [0.5, 0.6) is 5.88 Å². The number of fused-ring (bicyclic) bond motifs is 1. The molecule has 0 saturated heterocycles. The highest BCUT2D eigenvalue weighted by atomic mass is 32.2. The molecule has 358 valence electrons. The Bertz CT molecular complexity index is 2850. The van der Waals surface area contributed by atoms with Crippen LogP contribution in [0, 0.1) is 5.82 Å². The number of hydrogen-bond acceptors (Lipinski definition) is 17. The predicted octanol–water partition coefficient (Wildman–Crippen LogP) is 9.49. The summed E-state index contributed by atoms with van der Waals surface area (Å²) in [4.78, 5) is 80.4. The zero-order valence-electron chi connectivity index (χ0n) is 40.0. The summed E-state index contributed by atoms with van der Waals surface area (Å²) in [7, 11) is -4.26. The summed E-state index contributed by atoms with van der Waals surface area (Å²) in [6, 6.07) is 10.3. The minimum atomic E-state index is -4.26. The van der Waals surface area contributed by atoms with Crippen LogP contribution in [-0.4, -0.2) is 99.5 Å². The number of ether oxygens (including phenoxy) is 5. The van der Waals surface area contributed by atoms with E-state index in [1.54, 1.807) is 131 Å². The predicted molar refractivity (Wildman–Crippen MR) is 247 cm³/mol. The quantitative estimate of drug-likeness (QED) is 0.114. The first-order valence-electron chi connectivity index (χ1n) is 21.2. The number of sulfone groups is 1. The van der Waals surface area contributed by atoms with Gasteiger partial charge in [-0.05, 0) is 108 Å². The molecule has 21 heteroatoms. The van der Waals surface area contributed by atoms with Crippen LogP contribution >= 0.6 is 0 Å². The molecule has 5 heterocycles. The minimum Gasteiger partial charge on any atom is -0.475 e. The third kappa shape index (κ3) is 11.3. The van der Waals surface area contributed by atoms with Gasteiger partial charge < -0.3 is 28.6 Å². The molecule has 19 nitrogen and oxygen atoms in total. The number of imide groups is 2. The first kappa shape index (κ1) is 49.7. The number of halogens is 1. The van der Waals surface area contributed by atoms with E-state index in [2.05, 4.69) is 24.9 Å². The molecule has 67 heavy (non-hydrogen) atoms. The maximum atomic E-state index is 17.7. The lowest BCUT2D eigenvalue weighted by Gasteiger charge is -2.33. The molecule has 4 amide bonds. The molecule has 0 radical (unpaired) electrons. The Labute approximate surface area is 387 Å². The van der Waals surface area contributed by atoms with Gasteiger partial charge in [0.15, 0.2) is 11.6 Å². The molecular formula is C46H55FN8O11S. The zero-order valence-corrected chi connectivity index (χ0v) is 40.8. The maximum absolute atomic E-state index is 17.7. The fourth-order valence-corrected chi connectivity index (χ4v) is 7.28. The second-order valence-corrected chi connectivity index (χ2v) is 21.6. The van der Waals surface area contributed by atoms with Gasteiger partial charge in [-0.15, -0.1) is 0 Å². The van der Waals surface area contributed by atoms with E-state index in [1.165, 1.54) is 12.3 Å². The normalized spacial score (nSPS) is 13.9. The SMILES string of the molecule is C[C@H](c1cccnc1N(C(=O)OC(C)(C)C)C(=O)OC(C)(C)C)N1CCOc2nc(-c3nc(N(C(=O)OC(C)(C)C)C(=O)OC(C)(C)C)cc4ccccc34)c(F)c3nc(S(C)(=O)=O)nc1c23. The molecule has 0 bridgehead atoms. The van der Waals surface area contributed by atoms with Crippen molar-refractivity contribution in [1.82, 2.24) is 24.9 Å². The molecule has 0 unspecified atom stereocenters. The smallest absolute Gasteiger partial charge is 0.425 e. The monoisotopic (exact) mass is 946 g/mol. The van der Waals surface area contributed by atoms with Gasteiger partial charge in [0, 0.05) is 23.4 Å². The maximum Gasteiger partial charge on any atom is 0.425 e. The Morgan fingerprint density at radius 2 is 1.27 bits per heavy atom. The molecule has 1 aliphatic rings. The standard InChI is InChI=1S/C46H55FN8O11S/c1-25(27-20-17-21-48-35(27)55(41(58)65-45(8,9)10)42(59)66-46(11,12)13)53-22-23-62-37-30-33(51-38(52-36(30)53)67(14,60)61)31(47)34(50-37)32-28-19-16-15-18-26(28)24-29(49-32)54(39(56)63-43(2,3)4)40(57)64-44(5,6)7/h15-21,24-25H,22-23H2,1-14H3/t25-/m1/s1. The lowest BCUT2D eigenvalue weighted by atomic mass is 10.0. The van der Waals surface area contributed by atoms with E-state index in [-0.39, 0.29) is 53.1 Å². The number of hydrogen-bond donors (Lipinski definition) is 0. The number of carbonyl (C=O) groups excluding carboxylic acids is 4. The van der Waals surface area contributed by atoms with Crippen LogP contribution in [0.25, 0.3) is 33.1 Å². The van der Waals surface area contributed by atoms with Gasteiger partial charge in [-0.2, -0.15) is 9.80 Å². The first-order valence-corrected chi connectivity index (χ1v) is 23.1. The van der Waals surface area contributed by atoms with Crippen LogP contribution in [-0.2, 0) is 28.8 Å². The average molecular weight is 947 g/mol. The number of nitrogens with zero attached hydrogens (tertiary/aromatic N) is 8. The molecule has 0 spiro atoms. The van der Waals surface area contributed by atoms with Crippen LogP contribution in [0.1, 0.15) is 102 Å². The van der Waals surface area contributed by atoms with E-state index >= 15 is 4.39 Å². The summed E-state index contributed by atoms with van der Waals surface area (Å²) >= 11 is 0. The Morgan fingerprint density at radius 1 is 0.731 bits per heavy atom. The van der Waals surface area contributed by atoms with Crippen LogP contribution in [0.4, 0.5) is 41.0 Å². The third-order valence-electron chi connectivity index (χ3n) is 9.32. The second-order valence-electron chi connectivity index (χ2n) is 19.7. The first-order chi connectivity index (χ1) is 30.8. The highest BCUT2D eigenvalue weighted by Gasteiger charge is 2.39. The van der Waals surface area contributed by atoms with E-state index in [9.17, 15) is 27.6 Å². The minimum absolute atomic E-state index is 0.0333. The number of rotatable bonds is 6. The number of benzene rings is 1. The van der Waals surface area contributed by atoms with Crippen molar-refractivity contribution < 1.29 is 55.7 Å². The van der Waals surface area contributed by atoms with Gasteiger partial charge in [-0.1, -0.05) is 30.3 Å². The molecule has 0 fully saturated rings. The lowest BCUT2D eigenvalue weighted by molar-refractivity contribution is 0.0406. The van der Waals surface area contributed by atoms with Gasteiger partial charge in [0.25, 0.3) is 0 Å². The van der Waals surface area contributed by atoms with Crippen molar-refractivity contribution in [3.8, 4) is 17.3 Å². The molecule has 4 aromatic heterocycles. The molecular weight excluding hydrogens is 892 g/mol. The highest BCUT2D eigenvalue weighted by Crippen LogP contribution is 2.43. The second kappa shape index (κ2) is 17.8. The van der Waals surface area contributed by atoms with Gasteiger partial charge in [-0.3, -0.25) is 0 Å². The van der Waals surface area contributed by atoms with E-state index in [4.69, 9.17) is 23.7 Å². The molecule has 1 aliphatic heterocycles. The fourth-order valence-electron chi connectivity index (χ4n) is 6.77. The van der Waals surface area contributed by atoms with Gasteiger partial charge in [0.1, 0.15) is 62.9 Å². The summed E-state index contributed by atoms with van der Waals surface area (Å²) in [5.74, 6) is -1.94. The van der Waals surface area contributed by atoms with Crippen LogP contribution < -0.4 is 19.4 Å². The van der Waals surface area contributed by atoms with E-state index < -0.39 is 84.8 Å². The molecule has 6 rings (SSSR count). The summed E-state index contributed by atoms with van der Waals surface area (Å²) in [5, 5.41) is -0.155. The number of pyridine rings is 3. The lowest BCUT2D eigenvalue weighted by Crippen LogP contribution is -2.45. The molecule has 1 atom stereocenters. The van der Waals surface area contributed by atoms with Crippen molar-refractivity contribution in [2.24, 2.45) is 0 Å². The number of aromatic nitrogens is 5. The number of amides is 4. The largest absolute Gasteiger partial charge is 0.475 e. The third-order valence-corrected chi connectivity index (χ3v) is 10.2. The molecule has 0 N–H and O–H groups in total. The van der Waals surface area contributed by atoms with Crippen molar-refractivity contribution in [3.05, 3.63) is 60.0 Å². The zero-order chi connectivity index (χ0) is 49.8. The van der Waals surface area contributed by atoms with Crippen molar-refractivity contribution in [2.75, 3.05) is 34.1 Å². The Balaban J connectivity index is 1.59. The van der Waals surface area contributed by atoms with Gasteiger partial charge >= 0.3 is 24.4 Å². The van der Waals surface area contributed by atoms with Gasteiger partial charge in [0.05, 0.1) is 12.6 Å². The van der Waals surface area contributed by atoms with Crippen molar-refractivity contribution >= 4 is 73.3 Å². The van der Waals surface area contributed by atoms with Crippen LogP contribution in [0.15, 0.2) is 53.8 Å². The van der Waals surface area contributed by atoms with Gasteiger partial charge in [-0.25, -0.2) is 56.9 Å². The van der Waals surface area contributed by atoms with Crippen LogP contribution in [0.2, 0.25) is 0 Å². The Kier molecular flexibility index (Phi) is 13.2. The number of carbonyl (C=O) groups is 4. The average Bonchev–Trinajstić information content (AvgIpc) is 3.35. The van der Waals surface area contributed by atoms with Crippen molar-refractivity contribution in [2.45, 2.75) is 124 Å². The van der Waals surface area contributed by atoms with Crippen molar-refractivity contribution in [1.29, 1.82) is 0 Å². The highest BCUT2D eigenvalue weighted by molar-refractivity contribution is 7.90. The molecule has 0 saturated carbocycles. The summed E-state index contributed by atoms with van der Waals surface area (Å²) in [6.45, 7) is 21.0. The molecule has 1 aromatic carbocycles. The van der Waals surface area contributed by atoms with Crippen LogP contribution in [0.3, 0.4) is 0 Å². The topological polar surface area (TPSA) is 223 Å². The Morgan fingerprint density at radius 3 is 1.81 bits per heavy atom. The summed E-state index contributed by atoms with van der Waals surface area (Å²) < 4.78 is 73.0. The number of anilines is 3. The fraction of sp³-hybridized carbons (Fsp3) is 0.457. The summed E-state index contributed by atoms with van der Waals surface area (Å²) in [5.41, 5.74) is -5.10. The van der Waals surface area contributed by atoms with E-state index in [0.29, 0.717) is 20.6 Å².